The highest BCUT2D eigenvalue weighted by molar-refractivity contribution is 5.82. The van der Waals surface area contributed by atoms with E-state index in [1.54, 1.807) is 6.07 Å². The first-order chi connectivity index (χ1) is 10.9. The molecule has 1 N–H and O–H groups in total. The number of rotatable bonds is 3. The van der Waals surface area contributed by atoms with Crippen LogP contribution in [0.1, 0.15) is 11.7 Å². The Labute approximate surface area is 128 Å². The molecular formula is C15H10F3N3O2. The normalized spacial score (nSPS) is 13.0. The minimum absolute atomic E-state index is 0.0885. The van der Waals surface area contributed by atoms with Gasteiger partial charge in [-0.3, -0.25) is 4.98 Å². The fourth-order valence-electron chi connectivity index (χ4n) is 2.05. The van der Waals surface area contributed by atoms with Crippen LogP contribution in [0.15, 0.2) is 48.8 Å². The molecule has 0 saturated heterocycles. The van der Waals surface area contributed by atoms with Crippen LogP contribution in [-0.4, -0.2) is 26.2 Å². The maximum Gasteiger partial charge on any atom is 0.429 e. The highest BCUT2D eigenvalue weighted by Gasteiger charge is 2.43. The minimum Gasteiger partial charge on any atom is -0.493 e. The van der Waals surface area contributed by atoms with E-state index < -0.39 is 24.2 Å². The van der Waals surface area contributed by atoms with E-state index in [2.05, 4.69) is 15.0 Å². The molecule has 0 bridgehead atoms. The van der Waals surface area contributed by atoms with Crippen molar-refractivity contribution >= 4 is 10.9 Å². The zero-order valence-corrected chi connectivity index (χ0v) is 11.5. The smallest absolute Gasteiger partial charge is 0.429 e. The van der Waals surface area contributed by atoms with Gasteiger partial charge in [-0.15, -0.1) is 0 Å². The van der Waals surface area contributed by atoms with Crippen LogP contribution in [-0.2, 0) is 0 Å². The summed E-state index contributed by atoms with van der Waals surface area (Å²) in [5.74, 6) is -0.471. The van der Waals surface area contributed by atoms with Crippen molar-refractivity contribution in [3.05, 3.63) is 54.4 Å². The van der Waals surface area contributed by atoms with Gasteiger partial charge in [0.05, 0.1) is 17.1 Å². The molecule has 0 saturated carbocycles. The van der Waals surface area contributed by atoms with E-state index in [1.165, 1.54) is 42.7 Å². The van der Waals surface area contributed by atoms with Crippen molar-refractivity contribution in [2.75, 3.05) is 0 Å². The third-order valence-electron chi connectivity index (χ3n) is 3.08. The molecule has 118 valence electrons. The molecule has 0 radical (unpaired) electrons. The second kappa shape index (κ2) is 5.71. The lowest BCUT2D eigenvalue weighted by atomic mass is 10.1. The van der Waals surface area contributed by atoms with Crippen LogP contribution in [0.4, 0.5) is 13.2 Å². The van der Waals surface area contributed by atoms with E-state index in [4.69, 9.17) is 4.74 Å². The van der Waals surface area contributed by atoms with Gasteiger partial charge in [0.2, 0.25) is 12.0 Å². The van der Waals surface area contributed by atoms with Gasteiger partial charge in [0.15, 0.2) is 0 Å². The Balaban J connectivity index is 2.01. The number of halogens is 3. The lowest BCUT2D eigenvalue weighted by molar-refractivity contribution is -0.199. The molecule has 1 aromatic carbocycles. The van der Waals surface area contributed by atoms with Crippen LogP contribution in [0.3, 0.4) is 0 Å². The largest absolute Gasteiger partial charge is 0.493 e. The summed E-state index contributed by atoms with van der Waals surface area (Å²) in [5.41, 5.74) is 0.0957. The molecule has 23 heavy (non-hydrogen) atoms. The van der Waals surface area contributed by atoms with Gasteiger partial charge >= 0.3 is 12.2 Å². The average Bonchev–Trinajstić information content (AvgIpc) is 2.52. The minimum atomic E-state index is -4.66. The van der Waals surface area contributed by atoms with Crippen molar-refractivity contribution in [1.82, 2.24) is 15.0 Å². The number of nitrogens with zero attached hydrogens (tertiary/aromatic N) is 3. The predicted octanol–water partition coefficient (Wildman–Crippen LogP) is 3.41. The topological polar surface area (TPSA) is 68.1 Å². The standard InChI is InChI=1S/C15H10F3N3O2/c16-15(17,18)12(9-4-2-1-3-5-9)23-14-20-11-8-19-7-6-10(11)13(22)21-14/h1-8,12H,(H,20,21,22)/t12-/m1/s1. The molecule has 8 heteroatoms. The highest BCUT2D eigenvalue weighted by Crippen LogP contribution is 2.36. The highest BCUT2D eigenvalue weighted by atomic mass is 19.4. The molecular weight excluding hydrogens is 311 g/mol. The summed E-state index contributed by atoms with van der Waals surface area (Å²) in [6, 6.07) is 8.00. The molecule has 2 aromatic heterocycles. The SMILES string of the molecule is Oc1nc(O[C@H](c2ccccc2)C(F)(F)F)nc2cnccc12. The molecule has 0 aliphatic heterocycles. The van der Waals surface area contributed by atoms with E-state index in [0.717, 1.165) is 0 Å². The number of fused-ring (bicyclic) bond motifs is 1. The van der Waals surface area contributed by atoms with Crippen LogP contribution in [0, 0.1) is 0 Å². The Bertz CT molecular complexity index is 825. The fourth-order valence-corrected chi connectivity index (χ4v) is 2.05. The molecule has 3 aromatic rings. The lowest BCUT2D eigenvalue weighted by Gasteiger charge is -2.21. The number of hydrogen-bond donors (Lipinski definition) is 1. The molecule has 1 atom stereocenters. The van der Waals surface area contributed by atoms with Crippen LogP contribution in [0.5, 0.6) is 11.9 Å². The third-order valence-corrected chi connectivity index (χ3v) is 3.08. The molecule has 0 spiro atoms. The van der Waals surface area contributed by atoms with E-state index in [0.29, 0.717) is 0 Å². The van der Waals surface area contributed by atoms with Gasteiger partial charge in [0, 0.05) is 11.8 Å². The van der Waals surface area contributed by atoms with Crippen molar-refractivity contribution < 1.29 is 23.0 Å². The number of hydrogen-bond acceptors (Lipinski definition) is 5. The van der Waals surface area contributed by atoms with E-state index >= 15 is 0 Å². The van der Waals surface area contributed by atoms with Crippen molar-refractivity contribution in [3.8, 4) is 11.9 Å². The summed E-state index contributed by atoms with van der Waals surface area (Å²) in [6.45, 7) is 0. The lowest BCUT2D eigenvalue weighted by Crippen LogP contribution is -2.26. The average molecular weight is 321 g/mol. The van der Waals surface area contributed by atoms with Crippen molar-refractivity contribution in [1.29, 1.82) is 0 Å². The molecule has 0 aliphatic rings. The molecule has 0 amide bonds. The Morgan fingerprint density at radius 1 is 1.04 bits per heavy atom. The zero-order valence-electron chi connectivity index (χ0n) is 11.5. The second-order valence-corrected chi connectivity index (χ2v) is 4.67. The number of aromatic hydroxyl groups is 1. The van der Waals surface area contributed by atoms with E-state index in [1.807, 2.05) is 0 Å². The molecule has 2 heterocycles. The van der Waals surface area contributed by atoms with Gasteiger partial charge in [-0.05, 0) is 6.07 Å². The predicted molar refractivity (Wildman–Crippen MR) is 74.9 cm³/mol. The van der Waals surface area contributed by atoms with Gasteiger partial charge in [0.25, 0.3) is 0 Å². The first kappa shape index (κ1) is 15.0. The van der Waals surface area contributed by atoms with Gasteiger partial charge < -0.3 is 9.84 Å². The molecule has 0 fully saturated rings. The summed E-state index contributed by atoms with van der Waals surface area (Å²) in [6.07, 6.45) is -4.19. The van der Waals surface area contributed by atoms with Crippen LogP contribution >= 0.6 is 0 Å². The number of alkyl halides is 3. The van der Waals surface area contributed by atoms with Crippen molar-refractivity contribution in [2.45, 2.75) is 12.3 Å². The number of ether oxygens (including phenoxy) is 1. The summed E-state index contributed by atoms with van der Waals surface area (Å²) >= 11 is 0. The maximum absolute atomic E-state index is 13.3. The molecule has 5 nitrogen and oxygen atoms in total. The number of benzene rings is 1. The van der Waals surface area contributed by atoms with Crippen LogP contribution in [0.25, 0.3) is 10.9 Å². The first-order valence-electron chi connectivity index (χ1n) is 6.54. The molecule has 0 aliphatic carbocycles. The molecule has 0 unspecified atom stereocenters. The molecule has 3 rings (SSSR count). The zero-order chi connectivity index (χ0) is 16.4. The van der Waals surface area contributed by atoms with Gasteiger partial charge in [0.1, 0.15) is 0 Å². The summed E-state index contributed by atoms with van der Waals surface area (Å²) in [4.78, 5) is 11.2. The quantitative estimate of drug-likeness (QED) is 0.800. The van der Waals surface area contributed by atoms with E-state index in [-0.39, 0.29) is 16.5 Å². The monoisotopic (exact) mass is 321 g/mol. The Morgan fingerprint density at radius 2 is 1.78 bits per heavy atom. The fraction of sp³-hybridized carbons (Fsp3) is 0.133. The third kappa shape index (κ3) is 3.15. The second-order valence-electron chi connectivity index (χ2n) is 4.67. The van der Waals surface area contributed by atoms with Crippen molar-refractivity contribution in [2.24, 2.45) is 0 Å². The van der Waals surface area contributed by atoms with Crippen LogP contribution < -0.4 is 4.74 Å². The maximum atomic E-state index is 13.3. The van der Waals surface area contributed by atoms with E-state index in [9.17, 15) is 18.3 Å². The first-order valence-corrected chi connectivity index (χ1v) is 6.54. The summed E-state index contributed by atoms with van der Waals surface area (Å²) < 4.78 is 44.7. The Kier molecular flexibility index (Phi) is 3.73. The van der Waals surface area contributed by atoms with Gasteiger partial charge in [-0.1, -0.05) is 30.3 Å². The Hall–Kier alpha value is -2.90. The van der Waals surface area contributed by atoms with Crippen LogP contribution in [0.2, 0.25) is 0 Å². The Morgan fingerprint density at radius 3 is 2.48 bits per heavy atom. The number of aromatic nitrogens is 3. The summed E-state index contributed by atoms with van der Waals surface area (Å²) in [5, 5.41) is 10.1. The van der Waals surface area contributed by atoms with Gasteiger partial charge in [-0.25, -0.2) is 0 Å². The summed E-state index contributed by atoms with van der Waals surface area (Å²) in [7, 11) is 0. The van der Waals surface area contributed by atoms with Gasteiger partial charge in [-0.2, -0.15) is 23.1 Å². The van der Waals surface area contributed by atoms with Crippen molar-refractivity contribution in [3.63, 3.8) is 0 Å². The number of pyridine rings is 1.